The Morgan fingerprint density at radius 2 is 1.83 bits per heavy atom. The Labute approximate surface area is 105 Å². The summed E-state index contributed by atoms with van der Waals surface area (Å²) >= 11 is 0. The lowest BCUT2D eigenvalue weighted by molar-refractivity contribution is 0.995. The van der Waals surface area contributed by atoms with E-state index in [0.29, 0.717) is 11.6 Å². The molecule has 94 valence electrons. The highest BCUT2D eigenvalue weighted by molar-refractivity contribution is 5.50. The lowest BCUT2D eigenvalue weighted by atomic mass is 10.2. The third-order valence-corrected chi connectivity index (χ3v) is 2.36. The standard InChI is InChI=1S/C11H15N7/c12-11-16-9(7-10(17-11)18-13)15-6-3-8-1-4-14-5-2-8/h1-2,4-5,7H,3,6,13H2,(H4,12,15,16,17,18). The van der Waals surface area contributed by atoms with E-state index in [1.807, 2.05) is 12.1 Å². The van der Waals surface area contributed by atoms with E-state index < -0.39 is 0 Å². The van der Waals surface area contributed by atoms with E-state index in [1.54, 1.807) is 18.5 Å². The summed E-state index contributed by atoms with van der Waals surface area (Å²) in [5, 5.41) is 3.16. The molecule has 2 aromatic rings. The molecule has 0 spiro atoms. The molecule has 2 rings (SSSR count). The first-order valence-electron chi connectivity index (χ1n) is 5.52. The topological polar surface area (TPSA) is 115 Å². The fourth-order valence-corrected chi connectivity index (χ4v) is 1.51. The molecule has 0 atom stereocenters. The molecule has 7 heteroatoms. The van der Waals surface area contributed by atoms with Crippen LogP contribution in [0.2, 0.25) is 0 Å². The number of hydrogen-bond acceptors (Lipinski definition) is 7. The molecule has 6 N–H and O–H groups in total. The number of nitrogen functional groups attached to an aromatic ring is 2. The molecule has 0 amide bonds. The average molecular weight is 245 g/mol. The van der Waals surface area contributed by atoms with Gasteiger partial charge in [-0.3, -0.25) is 4.98 Å². The second-order valence-electron chi connectivity index (χ2n) is 3.67. The number of anilines is 3. The molecule has 0 saturated heterocycles. The normalized spacial score (nSPS) is 10.1. The molecule has 0 fully saturated rings. The second kappa shape index (κ2) is 5.78. The lowest BCUT2D eigenvalue weighted by Crippen LogP contribution is -2.13. The highest BCUT2D eigenvalue weighted by Crippen LogP contribution is 2.11. The van der Waals surface area contributed by atoms with Gasteiger partial charge in [0.05, 0.1) is 0 Å². The predicted molar refractivity (Wildman–Crippen MR) is 70.7 cm³/mol. The molecule has 0 saturated carbocycles. The first kappa shape index (κ1) is 12.1. The van der Waals surface area contributed by atoms with Crippen LogP contribution in [0.1, 0.15) is 5.56 Å². The molecule has 0 aliphatic rings. The van der Waals surface area contributed by atoms with Crippen molar-refractivity contribution in [3.8, 4) is 0 Å². The summed E-state index contributed by atoms with van der Waals surface area (Å²) < 4.78 is 0. The summed E-state index contributed by atoms with van der Waals surface area (Å²) in [6.45, 7) is 0.741. The highest BCUT2D eigenvalue weighted by atomic mass is 15.3. The minimum atomic E-state index is 0.178. The Morgan fingerprint density at radius 3 is 2.56 bits per heavy atom. The first-order chi connectivity index (χ1) is 8.78. The number of nitrogens with one attached hydrogen (secondary N) is 2. The molecule has 2 aromatic heterocycles. The molecule has 0 radical (unpaired) electrons. The first-order valence-corrected chi connectivity index (χ1v) is 5.52. The zero-order valence-electron chi connectivity index (χ0n) is 9.80. The van der Waals surface area contributed by atoms with Crippen LogP contribution in [0.25, 0.3) is 0 Å². The quantitative estimate of drug-likeness (QED) is 0.445. The van der Waals surface area contributed by atoms with E-state index in [2.05, 4.69) is 25.7 Å². The minimum absolute atomic E-state index is 0.178. The number of nitrogens with two attached hydrogens (primary N) is 2. The largest absolute Gasteiger partial charge is 0.370 e. The van der Waals surface area contributed by atoms with Crippen molar-refractivity contribution in [2.45, 2.75) is 6.42 Å². The van der Waals surface area contributed by atoms with Crippen LogP contribution in [0.5, 0.6) is 0 Å². The van der Waals surface area contributed by atoms with Gasteiger partial charge in [0, 0.05) is 25.0 Å². The maximum absolute atomic E-state index is 5.55. The smallest absolute Gasteiger partial charge is 0.223 e. The zero-order chi connectivity index (χ0) is 12.8. The van der Waals surface area contributed by atoms with Gasteiger partial charge in [0.25, 0.3) is 0 Å². The van der Waals surface area contributed by atoms with Crippen molar-refractivity contribution in [2.24, 2.45) is 5.84 Å². The Kier molecular flexibility index (Phi) is 3.87. The van der Waals surface area contributed by atoms with Crippen LogP contribution < -0.4 is 22.3 Å². The molecule has 0 aromatic carbocycles. The summed E-state index contributed by atoms with van der Waals surface area (Å²) in [6, 6.07) is 5.65. The van der Waals surface area contributed by atoms with Gasteiger partial charge in [-0.05, 0) is 24.1 Å². The van der Waals surface area contributed by atoms with Gasteiger partial charge in [-0.25, -0.2) is 5.84 Å². The fourth-order valence-electron chi connectivity index (χ4n) is 1.51. The monoisotopic (exact) mass is 245 g/mol. The SMILES string of the molecule is NNc1cc(NCCc2ccncc2)nc(N)n1. The van der Waals surface area contributed by atoms with E-state index in [4.69, 9.17) is 11.6 Å². The van der Waals surface area contributed by atoms with Crippen molar-refractivity contribution in [3.63, 3.8) is 0 Å². The molecule has 0 unspecified atom stereocenters. The van der Waals surface area contributed by atoms with Gasteiger partial charge in [0.2, 0.25) is 5.95 Å². The highest BCUT2D eigenvalue weighted by Gasteiger charge is 2.00. The van der Waals surface area contributed by atoms with Crippen molar-refractivity contribution in [1.82, 2.24) is 15.0 Å². The number of hydrazine groups is 1. The van der Waals surface area contributed by atoms with Crippen LogP contribution in [0, 0.1) is 0 Å². The molecule has 0 aliphatic carbocycles. The number of nitrogens with zero attached hydrogens (tertiary/aromatic N) is 3. The van der Waals surface area contributed by atoms with Gasteiger partial charge < -0.3 is 16.5 Å². The van der Waals surface area contributed by atoms with Gasteiger partial charge in [-0.2, -0.15) is 9.97 Å². The molecule has 7 nitrogen and oxygen atoms in total. The predicted octanol–water partition coefficient (Wildman–Crippen LogP) is 0.394. The van der Waals surface area contributed by atoms with E-state index in [1.165, 1.54) is 5.56 Å². The number of aromatic nitrogens is 3. The van der Waals surface area contributed by atoms with Crippen molar-refractivity contribution in [2.75, 3.05) is 23.0 Å². The maximum atomic E-state index is 5.55. The summed E-state index contributed by atoms with van der Waals surface area (Å²) in [5.74, 6) is 6.58. The minimum Gasteiger partial charge on any atom is -0.370 e. The van der Waals surface area contributed by atoms with Gasteiger partial charge in [0.15, 0.2) is 0 Å². The van der Waals surface area contributed by atoms with Crippen LogP contribution >= 0.6 is 0 Å². The van der Waals surface area contributed by atoms with Crippen LogP contribution in [-0.4, -0.2) is 21.5 Å². The van der Waals surface area contributed by atoms with Crippen molar-refractivity contribution in [1.29, 1.82) is 0 Å². The van der Waals surface area contributed by atoms with Gasteiger partial charge >= 0.3 is 0 Å². The summed E-state index contributed by atoms with van der Waals surface area (Å²) in [5.41, 5.74) is 9.19. The lowest BCUT2D eigenvalue weighted by Gasteiger charge is -2.07. The van der Waals surface area contributed by atoms with E-state index in [9.17, 15) is 0 Å². The molecule has 0 bridgehead atoms. The second-order valence-corrected chi connectivity index (χ2v) is 3.67. The van der Waals surface area contributed by atoms with Gasteiger partial charge in [-0.15, -0.1) is 0 Å². The number of rotatable bonds is 5. The van der Waals surface area contributed by atoms with Crippen molar-refractivity contribution >= 4 is 17.6 Å². The van der Waals surface area contributed by atoms with E-state index >= 15 is 0 Å². The van der Waals surface area contributed by atoms with Gasteiger partial charge in [0.1, 0.15) is 11.6 Å². The van der Waals surface area contributed by atoms with E-state index in [0.717, 1.165) is 13.0 Å². The maximum Gasteiger partial charge on any atom is 0.223 e. The fraction of sp³-hybridized carbons (Fsp3) is 0.182. The van der Waals surface area contributed by atoms with Crippen LogP contribution in [0.4, 0.5) is 17.6 Å². The molecule has 18 heavy (non-hydrogen) atoms. The Bertz CT molecular complexity index is 500. The Balaban J connectivity index is 1.92. The Morgan fingerprint density at radius 1 is 1.11 bits per heavy atom. The summed E-state index contributed by atoms with van der Waals surface area (Å²) in [7, 11) is 0. The average Bonchev–Trinajstić information content (AvgIpc) is 2.39. The molecular weight excluding hydrogens is 230 g/mol. The molecule has 0 aliphatic heterocycles. The van der Waals surface area contributed by atoms with Crippen molar-refractivity contribution in [3.05, 3.63) is 36.2 Å². The number of pyridine rings is 1. The summed E-state index contributed by atoms with van der Waals surface area (Å²) in [6.07, 6.45) is 4.42. The van der Waals surface area contributed by atoms with Crippen LogP contribution in [0.15, 0.2) is 30.6 Å². The molecular formula is C11H15N7. The van der Waals surface area contributed by atoms with Crippen LogP contribution in [-0.2, 0) is 6.42 Å². The molecule has 2 heterocycles. The third kappa shape index (κ3) is 3.29. The van der Waals surface area contributed by atoms with E-state index in [-0.39, 0.29) is 5.95 Å². The summed E-state index contributed by atoms with van der Waals surface area (Å²) in [4.78, 5) is 11.9. The number of hydrogen-bond donors (Lipinski definition) is 4. The zero-order valence-corrected chi connectivity index (χ0v) is 9.80. The van der Waals surface area contributed by atoms with Crippen molar-refractivity contribution < 1.29 is 0 Å². The van der Waals surface area contributed by atoms with Gasteiger partial charge in [-0.1, -0.05) is 0 Å². The Hall–Kier alpha value is -2.41. The van der Waals surface area contributed by atoms with Crippen LogP contribution in [0.3, 0.4) is 0 Å². The third-order valence-electron chi connectivity index (χ3n) is 2.36.